The molecule has 2 atom stereocenters. The number of sulfone groups is 1. The van der Waals surface area contributed by atoms with Crippen molar-refractivity contribution in [3.8, 4) is 0 Å². The summed E-state index contributed by atoms with van der Waals surface area (Å²) in [7, 11) is -3.41. The molecule has 0 spiro atoms. The lowest BCUT2D eigenvalue weighted by Crippen LogP contribution is -2.51. The van der Waals surface area contributed by atoms with Crippen LogP contribution in [0, 0.1) is 12.8 Å². The first-order valence-electron chi connectivity index (χ1n) is 9.85. The predicted octanol–water partition coefficient (Wildman–Crippen LogP) is 1.71. The van der Waals surface area contributed by atoms with E-state index in [0.717, 1.165) is 11.6 Å². The smallest absolute Gasteiger partial charge is 0.287 e. The van der Waals surface area contributed by atoms with Crippen LogP contribution in [-0.2, 0) is 19.4 Å². The summed E-state index contributed by atoms with van der Waals surface area (Å²) < 4.78 is 28.4. The number of hydrogen-bond donors (Lipinski definition) is 1. The third-order valence-corrected chi connectivity index (χ3v) is 6.17. The molecule has 0 unspecified atom stereocenters. The number of rotatable bonds is 6. The lowest BCUT2D eigenvalue weighted by molar-refractivity contribution is -0.136. The number of ketones is 1. The Hall–Kier alpha value is -2.68. The first-order chi connectivity index (χ1) is 14.1. The zero-order valence-corrected chi connectivity index (χ0v) is 18.1. The van der Waals surface area contributed by atoms with Crippen molar-refractivity contribution in [1.82, 2.24) is 10.2 Å². The number of para-hydroxylation sites is 1. The highest BCUT2D eigenvalue weighted by atomic mass is 32.2. The minimum atomic E-state index is -3.41. The van der Waals surface area contributed by atoms with Crippen molar-refractivity contribution in [3.05, 3.63) is 35.6 Å². The van der Waals surface area contributed by atoms with E-state index in [1.165, 1.54) is 4.90 Å². The number of hydrogen-bond acceptors (Lipinski definition) is 6. The molecule has 162 valence electrons. The summed E-state index contributed by atoms with van der Waals surface area (Å²) in [6, 6.07) is 6.50. The van der Waals surface area contributed by atoms with Crippen LogP contribution in [-0.4, -0.2) is 62.1 Å². The molecule has 2 aromatic rings. The summed E-state index contributed by atoms with van der Waals surface area (Å²) in [6.07, 6.45) is 2.18. The van der Waals surface area contributed by atoms with Gasteiger partial charge in [-0.2, -0.15) is 0 Å². The monoisotopic (exact) mass is 434 g/mol. The maximum absolute atomic E-state index is 12.8. The normalized spacial score (nSPS) is 18.2. The third-order valence-electron chi connectivity index (χ3n) is 5.36. The Kier molecular flexibility index (Phi) is 6.30. The van der Waals surface area contributed by atoms with E-state index in [1.54, 1.807) is 19.9 Å². The van der Waals surface area contributed by atoms with Gasteiger partial charge >= 0.3 is 0 Å². The molecule has 1 aliphatic heterocycles. The summed E-state index contributed by atoms with van der Waals surface area (Å²) in [5, 5.41) is 3.51. The number of benzene rings is 1. The van der Waals surface area contributed by atoms with Gasteiger partial charge in [0, 0.05) is 36.2 Å². The van der Waals surface area contributed by atoms with Crippen molar-refractivity contribution in [1.29, 1.82) is 0 Å². The molecule has 1 saturated heterocycles. The third kappa shape index (κ3) is 4.89. The highest BCUT2D eigenvalue weighted by molar-refractivity contribution is 7.91. The number of likely N-dealkylation sites (tertiary alicyclic amines) is 1. The van der Waals surface area contributed by atoms with E-state index in [0.29, 0.717) is 30.5 Å². The highest BCUT2D eigenvalue weighted by Crippen LogP contribution is 2.25. The first-order valence-corrected chi connectivity index (χ1v) is 11.9. The molecule has 1 aliphatic rings. The lowest BCUT2D eigenvalue weighted by atomic mass is 9.94. The minimum Gasteiger partial charge on any atom is -0.451 e. The van der Waals surface area contributed by atoms with Gasteiger partial charge in [-0.05, 0) is 32.8 Å². The van der Waals surface area contributed by atoms with E-state index in [9.17, 15) is 22.8 Å². The van der Waals surface area contributed by atoms with Gasteiger partial charge in [0.2, 0.25) is 5.91 Å². The van der Waals surface area contributed by atoms with Crippen molar-refractivity contribution in [2.75, 3.05) is 25.1 Å². The van der Waals surface area contributed by atoms with Crippen LogP contribution in [0.15, 0.2) is 28.7 Å². The fourth-order valence-electron chi connectivity index (χ4n) is 3.81. The summed E-state index contributed by atoms with van der Waals surface area (Å²) in [5.74, 6) is -2.02. The average molecular weight is 435 g/mol. The summed E-state index contributed by atoms with van der Waals surface area (Å²) >= 11 is 0. The molecule has 1 aromatic heterocycles. The highest BCUT2D eigenvalue weighted by Gasteiger charge is 2.32. The number of carbonyl (C=O) groups is 3. The standard InChI is InChI=1S/C21H26N2O6S/c1-13-16-8-4-5-9-18(16)29-19(13)20(25)22-14(2)21(26)23-10-6-7-15(11-23)17(24)12-30(3,27)28/h4-5,8-9,14-15H,6-7,10-12H2,1-3H3,(H,22,25)/t14-,15-/m1/s1. The molecule has 30 heavy (non-hydrogen) atoms. The van der Waals surface area contributed by atoms with Gasteiger partial charge in [-0.3, -0.25) is 14.4 Å². The number of nitrogens with one attached hydrogen (secondary N) is 1. The fourth-order valence-corrected chi connectivity index (χ4v) is 4.56. The van der Waals surface area contributed by atoms with Crippen molar-refractivity contribution < 1.29 is 27.2 Å². The molecule has 1 aromatic carbocycles. The number of fused-ring (bicyclic) bond motifs is 1. The predicted molar refractivity (Wildman–Crippen MR) is 112 cm³/mol. The second kappa shape index (κ2) is 8.59. The summed E-state index contributed by atoms with van der Waals surface area (Å²) in [6.45, 7) is 4.00. The number of aryl methyl sites for hydroxylation is 1. The van der Waals surface area contributed by atoms with Crippen molar-refractivity contribution in [2.24, 2.45) is 5.92 Å². The number of amides is 2. The van der Waals surface area contributed by atoms with Crippen LogP contribution < -0.4 is 5.32 Å². The van der Waals surface area contributed by atoms with E-state index in [4.69, 9.17) is 4.42 Å². The van der Waals surface area contributed by atoms with Crippen molar-refractivity contribution >= 4 is 38.4 Å². The van der Waals surface area contributed by atoms with Crippen LogP contribution in [0.1, 0.15) is 35.9 Å². The van der Waals surface area contributed by atoms with Gasteiger partial charge < -0.3 is 14.6 Å². The lowest BCUT2D eigenvalue weighted by Gasteiger charge is -2.33. The van der Waals surface area contributed by atoms with Gasteiger partial charge in [-0.1, -0.05) is 18.2 Å². The van der Waals surface area contributed by atoms with Gasteiger partial charge in [0.25, 0.3) is 5.91 Å². The zero-order chi connectivity index (χ0) is 22.1. The topological polar surface area (TPSA) is 114 Å². The Morgan fingerprint density at radius 3 is 2.63 bits per heavy atom. The molecular formula is C21H26N2O6S. The quantitative estimate of drug-likeness (QED) is 0.740. The van der Waals surface area contributed by atoms with Crippen LogP contribution in [0.5, 0.6) is 0 Å². The molecule has 0 aliphatic carbocycles. The molecule has 9 heteroatoms. The van der Waals surface area contributed by atoms with Crippen LogP contribution in [0.2, 0.25) is 0 Å². The van der Waals surface area contributed by atoms with E-state index in [1.807, 2.05) is 18.2 Å². The maximum atomic E-state index is 12.8. The van der Waals surface area contributed by atoms with Gasteiger partial charge in [0.1, 0.15) is 17.4 Å². The van der Waals surface area contributed by atoms with Crippen molar-refractivity contribution in [2.45, 2.75) is 32.7 Å². The minimum absolute atomic E-state index is 0.163. The number of Topliss-reactive ketones (excluding diaryl/α,β-unsaturated/α-hetero) is 1. The Balaban J connectivity index is 1.65. The Morgan fingerprint density at radius 1 is 1.27 bits per heavy atom. The number of carbonyl (C=O) groups excluding carboxylic acids is 3. The molecule has 2 heterocycles. The van der Waals surface area contributed by atoms with E-state index >= 15 is 0 Å². The van der Waals surface area contributed by atoms with Crippen LogP contribution in [0.25, 0.3) is 11.0 Å². The van der Waals surface area contributed by atoms with Gasteiger partial charge in [0.15, 0.2) is 21.4 Å². The van der Waals surface area contributed by atoms with E-state index in [2.05, 4.69) is 5.32 Å². The average Bonchev–Trinajstić information content (AvgIpc) is 3.03. The van der Waals surface area contributed by atoms with Crippen LogP contribution >= 0.6 is 0 Å². The Morgan fingerprint density at radius 2 is 1.97 bits per heavy atom. The van der Waals surface area contributed by atoms with Crippen molar-refractivity contribution in [3.63, 3.8) is 0 Å². The number of furan rings is 1. The van der Waals surface area contributed by atoms with Gasteiger partial charge in [-0.25, -0.2) is 8.42 Å². The van der Waals surface area contributed by atoms with Gasteiger partial charge in [0.05, 0.1) is 0 Å². The van der Waals surface area contributed by atoms with E-state index < -0.39 is 33.5 Å². The molecule has 3 rings (SSSR count). The van der Waals surface area contributed by atoms with Crippen LogP contribution in [0.4, 0.5) is 0 Å². The molecule has 1 N–H and O–H groups in total. The maximum Gasteiger partial charge on any atom is 0.287 e. The molecule has 0 saturated carbocycles. The summed E-state index contributed by atoms with van der Waals surface area (Å²) in [5.41, 5.74) is 1.30. The molecular weight excluding hydrogens is 408 g/mol. The zero-order valence-electron chi connectivity index (χ0n) is 17.3. The van der Waals surface area contributed by atoms with Crippen LogP contribution in [0.3, 0.4) is 0 Å². The second-order valence-electron chi connectivity index (χ2n) is 7.91. The Labute approximate surface area is 175 Å². The van der Waals surface area contributed by atoms with Gasteiger partial charge in [-0.15, -0.1) is 0 Å². The molecule has 0 bridgehead atoms. The molecule has 0 radical (unpaired) electrons. The summed E-state index contributed by atoms with van der Waals surface area (Å²) in [4.78, 5) is 39.2. The molecule has 1 fully saturated rings. The largest absolute Gasteiger partial charge is 0.451 e. The molecule has 8 nitrogen and oxygen atoms in total. The fraction of sp³-hybridized carbons (Fsp3) is 0.476. The molecule has 2 amide bonds. The first kappa shape index (κ1) is 22.0. The number of piperidine rings is 1. The SMILES string of the molecule is Cc1c(C(=O)N[C@H](C)C(=O)N2CCC[C@@H](C(=O)CS(C)(=O)=O)C2)oc2ccccc12. The van der Waals surface area contributed by atoms with E-state index in [-0.39, 0.29) is 24.0 Å². The second-order valence-corrected chi connectivity index (χ2v) is 10.0. The Bertz CT molecular complexity index is 1090. The number of nitrogens with zero attached hydrogens (tertiary/aromatic N) is 1.